The number of para-hydroxylation sites is 2. The third-order valence-electron chi connectivity index (χ3n) is 6.00. The van der Waals surface area contributed by atoms with Crippen LogP contribution in [0.1, 0.15) is 47.3 Å². The van der Waals surface area contributed by atoms with Crippen LogP contribution >= 0.6 is 11.8 Å². The van der Waals surface area contributed by atoms with Crippen molar-refractivity contribution in [3.05, 3.63) is 95.9 Å². The first-order valence-electron chi connectivity index (χ1n) is 12.5. The lowest BCUT2D eigenvalue weighted by Crippen LogP contribution is -2.29. The summed E-state index contributed by atoms with van der Waals surface area (Å²) in [6.45, 7) is 6.56. The first kappa shape index (κ1) is 26.3. The average molecular weight is 517 g/mol. The molecule has 0 saturated carbocycles. The van der Waals surface area contributed by atoms with Gasteiger partial charge in [0.15, 0.2) is 0 Å². The predicted molar refractivity (Wildman–Crippen MR) is 149 cm³/mol. The number of aromatic hydroxyl groups is 1. The van der Waals surface area contributed by atoms with Crippen LogP contribution in [0.5, 0.6) is 5.75 Å². The van der Waals surface area contributed by atoms with E-state index in [1.807, 2.05) is 49.4 Å². The van der Waals surface area contributed by atoms with Gasteiger partial charge in [-0.15, -0.1) is 22.0 Å². The number of amides is 1. The lowest BCUT2D eigenvalue weighted by Gasteiger charge is -2.23. The van der Waals surface area contributed by atoms with E-state index in [2.05, 4.69) is 39.5 Å². The second kappa shape index (κ2) is 13.0. The maximum absolute atomic E-state index is 12.6. The average Bonchev–Trinajstić information content (AvgIpc) is 3.43. The molecule has 8 heteroatoms. The number of carbonyl (C=O) groups excluding carboxylic acids is 1. The van der Waals surface area contributed by atoms with Gasteiger partial charge >= 0.3 is 0 Å². The van der Waals surface area contributed by atoms with Gasteiger partial charge in [-0.25, -0.2) is 0 Å². The SMILES string of the molecule is CCSC(c1nnc(-c2ccc(C(=O)NCCCN(CC)c3ccccc3)cc2)o1)c1ccccc1O. The fourth-order valence-electron chi connectivity index (χ4n) is 4.07. The summed E-state index contributed by atoms with van der Waals surface area (Å²) in [5.74, 6) is 1.72. The van der Waals surface area contributed by atoms with Crippen molar-refractivity contribution in [1.29, 1.82) is 0 Å². The number of nitrogens with one attached hydrogen (secondary N) is 1. The molecule has 37 heavy (non-hydrogen) atoms. The lowest BCUT2D eigenvalue weighted by molar-refractivity contribution is 0.0953. The number of thioether (sulfide) groups is 1. The Morgan fingerprint density at radius 3 is 2.43 bits per heavy atom. The summed E-state index contributed by atoms with van der Waals surface area (Å²) in [6.07, 6.45) is 0.852. The van der Waals surface area contributed by atoms with E-state index in [1.54, 1.807) is 36.0 Å². The summed E-state index contributed by atoms with van der Waals surface area (Å²) in [5, 5.41) is 21.5. The summed E-state index contributed by atoms with van der Waals surface area (Å²) < 4.78 is 5.98. The van der Waals surface area contributed by atoms with E-state index in [4.69, 9.17) is 4.42 Å². The molecule has 2 N–H and O–H groups in total. The molecule has 0 radical (unpaired) electrons. The normalized spacial score (nSPS) is 11.7. The summed E-state index contributed by atoms with van der Waals surface area (Å²) >= 11 is 1.61. The number of phenolic OH excluding ortho intramolecular Hbond substituents is 1. The van der Waals surface area contributed by atoms with Crippen molar-refractivity contribution in [2.24, 2.45) is 0 Å². The summed E-state index contributed by atoms with van der Waals surface area (Å²) in [4.78, 5) is 14.9. The molecule has 4 rings (SSSR count). The van der Waals surface area contributed by atoms with E-state index in [0.29, 0.717) is 23.9 Å². The Morgan fingerprint density at radius 2 is 1.73 bits per heavy atom. The number of nitrogens with zero attached hydrogens (tertiary/aromatic N) is 3. The van der Waals surface area contributed by atoms with Gasteiger partial charge in [0.05, 0.1) is 0 Å². The van der Waals surface area contributed by atoms with Crippen LogP contribution in [0.25, 0.3) is 11.5 Å². The third kappa shape index (κ3) is 6.71. The van der Waals surface area contributed by atoms with Crippen molar-refractivity contribution in [2.45, 2.75) is 25.5 Å². The summed E-state index contributed by atoms with van der Waals surface area (Å²) in [7, 11) is 0. The van der Waals surface area contributed by atoms with Crippen LogP contribution in [0.4, 0.5) is 5.69 Å². The van der Waals surface area contributed by atoms with Gasteiger partial charge in [0.25, 0.3) is 5.91 Å². The molecule has 0 spiro atoms. The fraction of sp³-hybridized carbons (Fsp3) is 0.276. The van der Waals surface area contributed by atoms with Crippen LogP contribution < -0.4 is 10.2 Å². The van der Waals surface area contributed by atoms with Gasteiger partial charge in [-0.2, -0.15) is 0 Å². The highest BCUT2D eigenvalue weighted by atomic mass is 32.2. The quantitative estimate of drug-likeness (QED) is 0.226. The fourth-order valence-corrected chi connectivity index (χ4v) is 5.02. The number of anilines is 1. The third-order valence-corrected chi connectivity index (χ3v) is 7.13. The van der Waals surface area contributed by atoms with Crippen molar-refractivity contribution >= 4 is 23.4 Å². The topological polar surface area (TPSA) is 91.5 Å². The summed E-state index contributed by atoms with van der Waals surface area (Å²) in [5.41, 5.74) is 3.24. The Kier molecular flexibility index (Phi) is 9.21. The summed E-state index contributed by atoms with van der Waals surface area (Å²) in [6, 6.07) is 24.6. The van der Waals surface area contributed by atoms with Gasteiger partial charge in [-0.1, -0.05) is 43.3 Å². The molecule has 4 aromatic rings. The van der Waals surface area contributed by atoms with Crippen molar-refractivity contribution in [1.82, 2.24) is 15.5 Å². The lowest BCUT2D eigenvalue weighted by atomic mass is 10.1. The molecule has 192 valence electrons. The molecule has 1 aromatic heterocycles. The number of benzene rings is 3. The first-order valence-corrected chi connectivity index (χ1v) is 13.6. The zero-order chi connectivity index (χ0) is 26.0. The number of phenols is 1. The van der Waals surface area contributed by atoms with Crippen LogP contribution in [0.15, 0.2) is 83.3 Å². The number of aromatic nitrogens is 2. The number of rotatable bonds is 12. The predicted octanol–water partition coefficient (Wildman–Crippen LogP) is 5.93. The minimum atomic E-state index is -0.261. The van der Waals surface area contributed by atoms with E-state index < -0.39 is 0 Å². The van der Waals surface area contributed by atoms with Gasteiger partial charge < -0.3 is 19.7 Å². The highest BCUT2D eigenvalue weighted by molar-refractivity contribution is 7.99. The Bertz CT molecular complexity index is 1280. The van der Waals surface area contributed by atoms with Gasteiger partial charge in [0.2, 0.25) is 11.8 Å². The molecule has 1 amide bonds. The maximum Gasteiger partial charge on any atom is 0.251 e. The standard InChI is InChI=1S/C29H32N4O3S/c1-3-33(23-11-6-5-7-12-23)20-10-19-30-27(35)21-15-17-22(18-16-21)28-31-32-29(36-28)26(37-4-2)24-13-8-9-14-25(24)34/h5-9,11-18,26,34H,3-4,10,19-20H2,1-2H3,(H,30,35). The van der Waals surface area contributed by atoms with Crippen molar-refractivity contribution < 1.29 is 14.3 Å². The second-order valence-electron chi connectivity index (χ2n) is 8.44. The molecule has 3 aromatic carbocycles. The monoisotopic (exact) mass is 516 g/mol. The molecule has 0 aliphatic heterocycles. The van der Waals surface area contributed by atoms with E-state index in [-0.39, 0.29) is 16.9 Å². The highest BCUT2D eigenvalue weighted by Gasteiger charge is 2.24. The van der Waals surface area contributed by atoms with E-state index in [1.165, 1.54) is 5.69 Å². The molecule has 1 unspecified atom stereocenters. The van der Waals surface area contributed by atoms with Crippen LogP contribution in [-0.4, -0.2) is 46.6 Å². The molecular formula is C29H32N4O3S. The van der Waals surface area contributed by atoms with Gasteiger partial charge in [-0.3, -0.25) is 4.79 Å². The molecule has 1 atom stereocenters. The minimum absolute atomic E-state index is 0.112. The zero-order valence-corrected chi connectivity index (χ0v) is 21.9. The second-order valence-corrected chi connectivity index (χ2v) is 9.82. The van der Waals surface area contributed by atoms with Crippen molar-refractivity contribution in [3.63, 3.8) is 0 Å². The highest BCUT2D eigenvalue weighted by Crippen LogP contribution is 2.39. The number of carbonyl (C=O) groups is 1. The van der Waals surface area contributed by atoms with E-state index >= 15 is 0 Å². The molecule has 1 heterocycles. The van der Waals surface area contributed by atoms with Crippen molar-refractivity contribution in [3.8, 4) is 17.2 Å². The molecule has 0 aliphatic rings. The van der Waals surface area contributed by atoms with Crippen molar-refractivity contribution in [2.75, 3.05) is 30.3 Å². The Balaban J connectivity index is 1.34. The molecule has 0 aliphatic carbocycles. The molecule has 0 bridgehead atoms. The Morgan fingerprint density at radius 1 is 1.00 bits per heavy atom. The van der Waals surface area contributed by atoms with Crippen LogP contribution in [0.3, 0.4) is 0 Å². The van der Waals surface area contributed by atoms with E-state index in [0.717, 1.165) is 36.4 Å². The van der Waals surface area contributed by atoms with Crippen LogP contribution in [-0.2, 0) is 0 Å². The van der Waals surface area contributed by atoms with Gasteiger partial charge in [-0.05, 0) is 61.6 Å². The first-order chi connectivity index (χ1) is 18.1. The minimum Gasteiger partial charge on any atom is -0.508 e. The largest absolute Gasteiger partial charge is 0.508 e. The van der Waals surface area contributed by atoms with Gasteiger partial charge in [0.1, 0.15) is 11.0 Å². The van der Waals surface area contributed by atoms with Crippen LogP contribution in [0, 0.1) is 0 Å². The van der Waals surface area contributed by atoms with Crippen LogP contribution in [0.2, 0.25) is 0 Å². The van der Waals surface area contributed by atoms with Gasteiger partial charge in [0, 0.05) is 42.0 Å². The number of hydrogen-bond acceptors (Lipinski definition) is 7. The Hall–Kier alpha value is -3.78. The molecule has 7 nitrogen and oxygen atoms in total. The Labute approximate surface area is 221 Å². The maximum atomic E-state index is 12.6. The molecule has 0 saturated heterocycles. The molecule has 0 fully saturated rings. The van der Waals surface area contributed by atoms with E-state index in [9.17, 15) is 9.90 Å². The smallest absolute Gasteiger partial charge is 0.251 e. The number of hydrogen-bond donors (Lipinski definition) is 2. The zero-order valence-electron chi connectivity index (χ0n) is 21.1. The molecular weight excluding hydrogens is 484 g/mol.